The van der Waals surface area contributed by atoms with E-state index in [4.69, 9.17) is 0 Å². The summed E-state index contributed by atoms with van der Waals surface area (Å²) in [5, 5.41) is 3.31. The molecule has 192 valence electrons. The van der Waals surface area contributed by atoms with Crippen molar-refractivity contribution in [1.29, 1.82) is 0 Å². The van der Waals surface area contributed by atoms with Crippen LogP contribution in [0.4, 0.5) is 0 Å². The molecule has 3 aliphatic rings. The van der Waals surface area contributed by atoms with Crippen molar-refractivity contribution in [3.63, 3.8) is 0 Å². The van der Waals surface area contributed by atoms with Crippen LogP contribution in [0.2, 0.25) is 0 Å². The molecule has 6 heteroatoms. The van der Waals surface area contributed by atoms with Gasteiger partial charge in [0.1, 0.15) is 0 Å². The number of piperazine rings is 1. The highest BCUT2D eigenvalue weighted by atomic mass is 16.2. The van der Waals surface area contributed by atoms with Crippen molar-refractivity contribution < 1.29 is 9.59 Å². The molecule has 0 aromatic heterocycles. The Kier molecular flexibility index (Phi) is 12.2. The van der Waals surface area contributed by atoms with E-state index in [2.05, 4.69) is 51.8 Å². The minimum atomic E-state index is -0.125. The lowest BCUT2D eigenvalue weighted by atomic mass is 9.92. The van der Waals surface area contributed by atoms with Crippen molar-refractivity contribution in [1.82, 2.24) is 20.0 Å². The van der Waals surface area contributed by atoms with Crippen molar-refractivity contribution in [2.24, 2.45) is 23.7 Å². The van der Waals surface area contributed by atoms with E-state index in [1.807, 2.05) is 4.90 Å². The molecule has 3 saturated heterocycles. The first kappa shape index (κ1) is 28.1. The van der Waals surface area contributed by atoms with E-state index in [0.29, 0.717) is 12.5 Å². The van der Waals surface area contributed by atoms with Gasteiger partial charge in [0.05, 0.1) is 12.6 Å². The van der Waals surface area contributed by atoms with Crippen LogP contribution in [0.5, 0.6) is 0 Å². The maximum atomic E-state index is 12.8. The summed E-state index contributed by atoms with van der Waals surface area (Å²) in [7, 11) is 0. The number of nitrogens with zero attached hydrogens (tertiary/aromatic N) is 3. The minimum absolute atomic E-state index is 0.101. The predicted molar refractivity (Wildman–Crippen MR) is 137 cm³/mol. The van der Waals surface area contributed by atoms with Crippen LogP contribution in [-0.4, -0.2) is 84.9 Å². The predicted octanol–water partition coefficient (Wildman–Crippen LogP) is 3.86. The summed E-state index contributed by atoms with van der Waals surface area (Å²) >= 11 is 0. The maximum absolute atomic E-state index is 12.8. The molecule has 0 radical (unpaired) electrons. The largest absolute Gasteiger partial charge is 0.341 e. The molecule has 0 aromatic carbocycles. The van der Waals surface area contributed by atoms with Crippen molar-refractivity contribution >= 4 is 11.8 Å². The van der Waals surface area contributed by atoms with E-state index in [1.165, 1.54) is 38.9 Å². The van der Waals surface area contributed by atoms with Crippen LogP contribution in [0.25, 0.3) is 0 Å². The van der Waals surface area contributed by atoms with Gasteiger partial charge in [-0.15, -0.1) is 0 Å². The molecule has 0 spiro atoms. The van der Waals surface area contributed by atoms with E-state index in [1.54, 1.807) is 4.90 Å². The third-order valence-electron chi connectivity index (χ3n) is 6.98. The van der Waals surface area contributed by atoms with Gasteiger partial charge in [0, 0.05) is 32.7 Å². The highest BCUT2D eigenvalue weighted by Crippen LogP contribution is 2.23. The quantitative estimate of drug-likeness (QED) is 0.622. The number of likely N-dealkylation sites (tertiary alicyclic amines) is 2. The third kappa shape index (κ3) is 10.3. The molecule has 2 amide bonds. The fourth-order valence-corrected chi connectivity index (χ4v) is 5.19. The minimum Gasteiger partial charge on any atom is -0.341 e. The number of hydrogen-bond donors (Lipinski definition) is 1. The van der Waals surface area contributed by atoms with Crippen LogP contribution in [0.1, 0.15) is 80.1 Å². The van der Waals surface area contributed by atoms with Gasteiger partial charge in [-0.1, -0.05) is 41.5 Å². The second-order valence-corrected chi connectivity index (χ2v) is 11.8. The van der Waals surface area contributed by atoms with Crippen LogP contribution in [0.15, 0.2) is 0 Å². The lowest BCUT2D eigenvalue weighted by Crippen LogP contribution is -2.57. The topological polar surface area (TPSA) is 55.9 Å². The molecule has 3 aliphatic heterocycles. The molecule has 0 aromatic rings. The van der Waals surface area contributed by atoms with Gasteiger partial charge in [0.25, 0.3) is 0 Å². The van der Waals surface area contributed by atoms with Crippen LogP contribution in [0.3, 0.4) is 0 Å². The van der Waals surface area contributed by atoms with Crippen LogP contribution in [-0.2, 0) is 9.59 Å². The van der Waals surface area contributed by atoms with E-state index >= 15 is 0 Å². The smallest absolute Gasteiger partial charge is 0.242 e. The summed E-state index contributed by atoms with van der Waals surface area (Å²) in [6.07, 6.45) is 7.05. The standard InChI is InChI=1S/C23H42N4O2.C4H10/c1-18(2)15-21-23(29)27(14-9-24-21)17-22(28)26-12-7-20(8-13-26)6-11-25-10-4-5-19(3)16-25;1-4(2)3/h18-21,24H,4-17H2,1-3H3;4H,1-3H3. The summed E-state index contributed by atoms with van der Waals surface area (Å²) in [4.78, 5) is 31.9. The lowest BCUT2D eigenvalue weighted by molar-refractivity contribution is -0.144. The number of carbonyl (C=O) groups is 2. The number of hydrogen-bond acceptors (Lipinski definition) is 4. The Morgan fingerprint density at radius 1 is 1.03 bits per heavy atom. The first-order valence-electron chi connectivity index (χ1n) is 13.7. The zero-order valence-corrected chi connectivity index (χ0v) is 22.4. The molecule has 0 saturated carbocycles. The molecule has 1 N–H and O–H groups in total. The second kappa shape index (κ2) is 14.3. The zero-order valence-electron chi connectivity index (χ0n) is 22.4. The van der Waals surface area contributed by atoms with Crippen molar-refractivity contribution in [2.75, 3.05) is 52.4 Å². The normalized spacial score (nSPS) is 25.4. The van der Waals surface area contributed by atoms with Gasteiger partial charge in [-0.25, -0.2) is 0 Å². The first-order chi connectivity index (χ1) is 15.7. The van der Waals surface area contributed by atoms with Crippen LogP contribution >= 0.6 is 0 Å². The van der Waals surface area contributed by atoms with Gasteiger partial charge in [0.15, 0.2) is 0 Å². The zero-order chi connectivity index (χ0) is 24.4. The molecular weight excluding hydrogens is 412 g/mol. The van der Waals surface area contributed by atoms with Crippen molar-refractivity contribution in [3.05, 3.63) is 0 Å². The average Bonchev–Trinajstić information content (AvgIpc) is 2.75. The van der Waals surface area contributed by atoms with Crippen molar-refractivity contribution in [3.8, 4) is 0 Å². The molecule has 33 heavy (non-hydrogen) atoms. The van der Waals surface area contributed by atoms with Gasteiger partial charge < -0.3 is 20.0 Å². The van der Waals surface area contributed by atoms with Gasteiger partial charge in [-0.05, 0) is 75.3 Å². The van der Waals surface area contributed by atoms with E-state index in [9.17, 15) is 9.59 Å². The molecule has 3 rings (SSSR count). The first-order valence-corrected chi connectivity index (χ1v) is 13.7. The Labute approximate surface area is 203 Å². The monoisotopic (exact) mass is 464 g/mol. The SMILES string of the molecule is CC(C)C.CC(C)CC1NCCN(CC(=O)N2CCC(CCN3CCCC(C)C3)CC2)C1=O. The van der Waals surface area contributed by atoms with Gasteiger partial charge in [-0.2, -0.15) is 0 Å². The summed E-state index contributed by atoms with van der Waals surface area (Å²) in [6, 6.07) is -0.125. The maximum Gasteiger partial charge on any atom is 0.242 e. The fourth-order valence-electron chi connectivity index (χ4n) is 5.19. The van der Waals surface area contributed by atoms with Crippen LogP contribution in [0, 0.1) is 23.7 Å². The van der Waals surface area contributed by atoms with Gasteiger partial charge >= 0.3 is 0 Å². The summed E-state index contributed by atoms with van der Waals surface area (Å²) < 4.78 is 0. The Hall–Kier alpha value is -1.14. The Morgan fingerprint density at radius 3 is 2.30 bits per heavy atom. The summed E-state index contributed by atoms with van der Waals surface area (Å²) in [5.74, 6) is 3.12. The second-order valence-electron chi connectivity index (χ2n) is 11.8. The van der Waals surface area contributed by atoms with E-state index in [-0.39, 0.29) is 24.4 Å². The summed E-state index contributed by atoms with van der Waals surface area (Å²) in [6.45, 7) is 20.3. The lowest BCUT2D eigenvalue weighted by Gasteiger charge is -2.37. The Morgan fingerprint density at radius 2 is 1.70 bits per heavy atom. The molecular formula is C27H52N4O2. The number of amides is 2. The molecule has 0 bridgehead atoms. The van der Waals surface area contributed by atoms with E-state index in [0.717, 1.165) is 56.7 Å². The average molecular weight is 465 g/mol. The third-order valence-corrected chi connectivity index (χ3v) is 6.98. The molecule has 6 nitrogen and oxygen atoms in total. The summed E-state index contributed by atoms with van der Waals surface area (Å²) in [5.41, 5.74) is 0. The fraction of sp³-hybridized carbons (Fsp3) is 0.926. The van der Waals surface area contributed by atoms with E-state index < -0.39 is 0 Å². The van der Waals surface area contributed by atoms with Crippen LogP contribution < -0.4 is 5.32 Å². The highest BCUT2D eigenvalue weighted by Gasteiger charge is 2.32. The number of rotatable bonds is 7. The number of carbonyl (C=O) groups excluding carboxylic acids is 2. The van der Waals surface area contributed by atoms with Crippen molar-refractivity contribution in [2.45, 2.75) is 86.1 Å². The highest BCUT2D eigenvalue weighted by molar-refractivity contribution is 5.88. The number of nitrogens with one attached hydrogen (secondary N) is 1. The van der Waals surface area contributed by atoms with Gasteiger partial charge in [0.2, 0.25) is 11.8 Å². The van der Waals surface area contributed by atoms with Gasteiger partial charge in [-0.3, -0.25) is 9.59 Å². The molecule has 3 fully saturated rings. The number of piperidine rings is 2. The molecule has 2 atom stereocenters. The molecule has 2 unspecified atom stereocenters. The molecule has 0 aliphatic carbocycles. The Bertz CT molecular complexity index is 584. The molecule has 3 heterocycles. The Balaban J connectivity index is 0.000000890.